The number of para-hydroxylation sites is 2. The van der Waals surface area contributed by atoms with Gasteiger partial charge in [0.25, 0.3) is 0 Å². The summed E-state index contributed by atoms with van der Waals surface area (Å²) < 4.78 is 5.03. The second-order valence-electron chi connectivity index (χ2n) is 20.2. The number of aromatic nitrogens is 2. The van der Waals surface area contributed by atoms with E-state index in [4.69, 9.17) is 4.98 Å². The summed E-state index contributed by atoms with van der Waals surface area (Å²) in [6, 6.07) is 101. The van der Waals surface area contributed by atoms with Gasteiger partial charge in [-0.3, -0.25) is 4.90 Å². The van der Waals surface area contributed by atoms with Gasteiger partial charge in [-0.1, -0.05) is 206 Å². The number of nitrogens with zero attached hydrogens (tertiary/aromatic N) is 3. The molecule has 0 saturated carbocycles. The Morgan fingerprint density at radius 2 is 0.921 bits per heavy atom. The van der Waals surface area contributed by atoms with Crippen molar-refractivity contribution in [2.45, 2.75) is 5.41 Å². The third-order valence-electron chi connectivity index (χ3n) is 16.2. The Balaban J connectivity index is 0.958. The molecular formula is C72H45N3S. The van der Waals surface area contributed by atoms with Crippen LogP contribution in [0.3, 0.4) is 0 Å². The van der Waals surface area contributed by atoms with Gasteiger partial charge < -0.3 is 4.57 Å². The Morgan fingerprint density at radius 1 is 0.342 bits per heavy atom. The van der Waals surface area contributed by atoms with Crippen molar-refractivity contribution in [2.24, 2.45) is 0 Å². The summed E-state index contributed by atoms with van der Waals surface area (Å²) in [4.78, 5) is 8.14. The molecule has 1 aliphatic carbocycles. The monoisotopic (exact) mass is 983 g/mol. The standard InChI is InChI=1S/C72H45N3S/c1-4-18-46(19-5-1)48-32-36-53(37-33-48)74-63-29-15-11-24-54(63)57-42-50(35-40-64(57)74)51-34-38-60-66(44-51)75(69-45-52(47-20-6-2-7-21-47)43-62(73-69)49-22-8-3-9-23-49)65-30-16-14-28-59(65)72(60)58-27-13-10-25-55(58)70-61(72)39-41-68-71(70)56-26-12-17-31-67(56)76-68/h1-45H. The van der Waals surface area contributed by atoms with Crippen molar-refractivity contribution in [2.75, 3.05) is 4.90 Å². The van der Waals surface area contributed by atoms with Crippen molar-refractivity contribution in [3.05, 3.63) is 295 Å². The summed E-state index contributed by atoms with van der Waals surface area (Å²) in [5.74, 6) is 0.864. The van der Waals surface area contributed by atoms with Gasteiger partial charge in [0, 0.05) is 42.2 Å². The van der Waals surface area contributed by atoms with Crippen LogP contribution in [0.5, 0.6) is 0 Å². The van der Waals surface area contributed by atoms with Gasteiger partial charge in [-0.15, -0.1) is 11.3 Å². The Kier molecular flexibility index (Phi) is 9.42. The summed E-state index contributed by atoms with van der Waals surface area (Å²) >= 11 is 1.89. The Hall–Kier alpha value is -9.61. The van der Waals surface area contributed by atoms with Crippen LogP contribution >= 0.6 is 11.3 Å². The van der Waals surface area contributed by atoms with Crippen LogP contribution in [-0.2, 0) is 5.41 Å². The van der Waals surface area contributed by atoms with E-state index in [-0.39, 0.29) is 0 Å². The fourth-order valence-corrected chi connectivity index (χ4v) is 14.0. The molecule has 16 rings (SSSR count). The molecule has 354 valence electrons. The van der Waals surface area contributed by atoms with Crippen LogP contribution in [0.25, 0.3) is 103 Å². The molecule has 3 aromatic heterocycles. The average molecular weight is 984 g/mol. The number of hydrogen-bond donors (Lipinski definition) is 0. The van der Waals surface area contributed by atoms with Crippen LogP contribution in [0.2, 0.25) is 0 Å². The molecular weight excluding hydrogens is 939 g/mol. The van der Waals surface area contributed by atoms with Crippen molar-refractivity contribution >= 4 is 70.5 Å². The Bertz CT molecular complexity index is 4570. The first-order valence-corrected chi connectivity index (χ1v) is 26.9. The topological polar surface area (TPSA) is 21.1 Å². The number of hydrogen-bond acceptors (Lipinski definition) is 3. The molecule has 11 aromatic carbocycles. The van der Waals surface area contributed by atoms with E-state index in [1.165, 1.54) is 86.5 Å². The zero-order chi connectivity index (χ0) is 49.9. The Labute approximate surface area is 444 Å². The molecule has 4 heterocycles. The first-order chi connectivity index (χ1) is 37.7. The minimum atomic E-state index is -0.642. The van der Waals surface area contributed by atoms with Gasteiger partial charge in [0.2, 0.25) is 0 Å². The fourth-order valence-electron chi connectivity index (χ4n) is 12.9. The minimum Gasteiger partial charge on any atom is -0.309 e. The molecule has 4 heteroatoms. The van der Waals surface area contributed by atoms with Gasteiger partial charge >= 0.3 is 0 Å². The molecule has 3 nitrogen and oxygen atoms in total. The maximum absolute atomic E-state index is 5.68. The molecule has 0 bridgehead atoms. The lowest BCUT2D eigenvalue weighted by atomic mass is 9.64. The van der Waals surface area contributed by atoms with Crippen molar-refractivity contribution < 1.29 is 0 Å². The van der Waals surface area contributed by atoms with Gasteiger partial charge in [0.15, 0.2) is 0 Å². The number of thiophene rings is 1. The Morgan fingerprint density at radius 3 is 1.72 bits per heavy atom. The molecule has 0 fully saturated rings. The number of anilines is 3. The number of rotatable bonds is 6. The first-order valence-electron chi connectivity index (χ1n) is 26.1. The molecule has 0 N–H and O–H groups in total. The molecule has 0 radical (unpaired) electrons. The summed E-state index contributed by atoms with van der Waals surface area (Å²) in [5, 5.41) is 5.08. The van der Waals surface area contributed by atoms with Crippen LogP contribution in [0, 0.1) is 0 Å². The van der Waals surface area contributed by atoms with Crippen molar-refractivity contribution in [3.63, 3.8) is 0 Å². The zero-order valence-electron chi connectivity index (χ0n) is 41.2. The zero-order valence-corrected chi connectivity index (χ0v) is 42.0. The molecule has 1 aliphatic heterocycles. The van der Waals surface area contributed by atoms with E-state index in [1.807, 2.05) is 11.3 Å². The first kappa shape index (κ1) is 42.9. The van der Waals surface area contributed by atoms with E-state index in [1.54, 1.807) is 0 Å². The SMILES string of the molecule is c1ccc(-c2ccc(-n3c4ccccc4c4cc(-c5ccc6c(c5)N(c5cc(-c7ccccc7)cc(-c7ccccc7)n5)c5ccccc5C65c6ccccc6-c6c5ccc5sc7ccccc7c65)ccc43)cc2)cc1. The molecule has 2 aliphatic rings. The fraction of sp³-hybridized carbons (Fsp3) is 0.0139. The van der Waals surface area contributed by atoms with E-state index in [0.717, 1.165) is 56.4 Å². The van der Waals surface area contributed by atoms with Crippen molar-refractivity contribution in [3.8, 4) is 61.5 Å². The van der Waals surface area contributed by atoms with Crippen LogP contribution < -0.4 is 4.90 Å². The van der Waals surface area contributed by atoms with Crippen LogP contribution in [0.4, 0.5) is 17.2 Å². The summed E-state index contributed by atoms with van der Waals surface area (Å²) in [6.07, 6.45) is 0. The lowest BCUT2D eigenvalue weighted by Crippen LogP contribution is -2.36. The third-order valence-corrected chi connectivity index (χ3v) is 17.3. The molecule has 76 heavy (non-hydrogen) atoms. The second-order valence-corrected chi connectivity index (χ2v) is 21.3. The number of fused-ring (bicyclic) bond motifs is 16. The highest BCUT2D eigenvalue weighted by Gasteiger charge is 2.52. The highest BCUT2D eigenvalue weighted by atomic mass is 32.1. The molecule has 14 aromatic rings. The van der Waals surface area contributed by atoms with Crippen LogP contribution in [0.1, 0.15) is 22.3 Å². The van der Waals surface area contributed by atoms with Gasteiger partial charge in [-0.05, 0) is 133 Å². The maximum Gasteiger partial charge on any atom is 0.138 e. The average Bonchev–Trinajstić information content (AvgIpc) is 4.34. The van der Waals surface area contributed by atoms with E-state index in [9.17, 15) is 0 Å². The van der Waals surface area contributed by atoms with E-state index >= 15 is 0 Å². The van der Waals surface area contributed by atoms with E-state index in [0.29, 0.717) is 0 Å². The smallest absolute Gasteiger partial charge is 0.138 e. The van der Waals surface area contributed by atoms with Gasteiger partial charge in [0.05, 0.1) is 33.5 Å². The highest BCUT2D eigenvalue weighted by Crippen LogP contribution is 2.65. The van der Waals surface area contributed by atoms with Crippen molar-refractivity contribution in [1.29, 1.82) is 0 Å². The lowest BCUT2D eigenvalue weighted by molar-refractivity contribution is 0.752. The second kappa shape index (κ2) is 16.7. The van der Waals surface area contributed by atoms with Crippen LogP contribution in [0.15, 0.2) is 273 Å². The lowest BCUT2D eigenvalue weighted by Gasteiger charge is -2.45. The van der Waals surface area contributed by atoms with Gasteiger partial charge in [-0.2, -0.15) is 0 Å². The predicted molar refractivity (Wildman–Crippen MR) is 319 cm³/mol. The van der Waals surface area contributed by atoms with Crippen molar-refractivity contribution in [1.82, 2.24) is 9.55 Å². The number of pyridine rings is 1. The highest BCUT2D eigenvalue weighted by molar-refractivity contribution is 7.26. The molecule has 0 saturated heterocycles. The molecule has 1 atom stereocenters. The van der Waals surface area contributed by atoms with E-state index < -0.39 is 5.41 Å². The van der Waals surface area contributed by atoms with Gasteiger partial charge in [-0.25, -0.2) is 4.98 Å². The number of benzene rings is 11. The largest absolute Gasteiger partial charge is 0.309 e. The molecule has 1 spiro atoms. The summed E-state index contributed by atoms with van der Waals surface area (Å²) in [6.45, 7) is 0. The molecule has 1 unspecified atom stereocenters. The van der Waals surface area contributed by atoms with Gasteiger partial charge in [0.1, 0.15) is 5.82 Å². The van der Waals surface area contributed by atoms with E-state index in [2.05, 4.69) is 282 Å². The predicted octanol–water partition coefficient (Wildman–Crippen LogP) is 19.4. The quantitative estimate of drug-likeness (QED) is 0.166. The maximum atomic E-state index is 5.68. The summed E-state index contributed by atoms with van der Waals surface area (Å²) in [7, 11) is 0. The normalized spacial score (nSPS) is 14.3. The summed E-state index contributed by atoms with van der Waals surface area (Å²) in [5.41, 5.74) is 21.7. The molecule has 0 amide bonds. The third kappa shape index (κ3) is 6.25. The van der Waals surface area contributed by atoms with Crippen LogP contribution in [-0.4, -0.2) is 9.55 Å². The minimum absolute atomic E-state index is 0.642.